The van der Waals surface area contributed by atoms with E-state index in [9.17, 15) is 4.79 Å². The van der Waals surface area contributed by atoms with Gasteiger partial charge in [0.15, 0.2) is 5.82 Å². The highest BCUT2D eigenvalue weighted by atomic mass is 16.1. The van der Waals surface area contributed by atoms with Crippen molar-refractivity contribution in [3.8, 4) is 0 Å². The number of amides is 1. The number of rotatable bonds is 2. The third kappa shape index (κ3) is 3.31. The van der Waals surface area contributed by atoms with Crippen LogP contribution in [-0.4, -0.2) is 26.1 Å². The van der Waals surface area contributed by atoms with Gasteiger partial charge < -0.3 is 5.32 Å². The lowest BCUT2D eigenvalue weighted by Gasteiger charge is -2.16. The number of nitrogens with zero attached hydrogens (tertiary/aromatic N) is 4. The molecule has 0 fully saturated rings. The highest BCUT2D eigenvalue weighted by Gasteiger charge is 2.16. The zero-order valence-electron chi connectivity index (χ0n) is 11.1. The molecule has 0 unspecified atom stereocenters. The number of hydrogen-bond acceptors (Lipinski definition) is 5. The van der Waals surface area contributed by atoms with Crippen LogP contribution in [0.25, 0.3) is 0 Å². The molecule has 2 heterocycles. The molecule has 0 spiro atoms. The topological polar surface area (TPSA) is 80.7 Å². The molecule has 2 rings (SSSR count). The maximum Gasteiger partial charge on any atom is 0.277 e. The zero-order valence-corrected chi connectivity index (χ0v) is 11.1. The molecule has 6 nitrogen and oxygen atoms in total. The van der Waals surface area contributed by atoms with E-state index in [0.717, 1.165) is 5.69 Å². The largest absolute Gasteiger partial charge is 0.304 e. The minimum atomic E-state index is -0.356. The van der Waals surface area contributed by atoms with Crippen molar-refractivity contribution in [2.24, 2.45) is 0 Å². The van der Waals surface area contributed by atoms with Gasteiger partial charge in [0.05, 0.1) is 11.9 Å². The van der Waals surface area contributed by atoms with Crippen molar-refractivity contribution in [1.82, 2.24) is 20.2 Å². The van der Waals surface area contributed by atoms with Gasteiger partial charge in [-0.2, -0.15) is 5.10 Å². The van der Waals surface area contributed by atoms with Gasteiger partial charge in [-0.25, -0.2) is 4.98 Å². The van der Waals surface area contributed by atoms with Crippen molar-refractivity contribution in [2.45, 2.75) is 26.2 Å². The lowest BCUT2D eigenvalue weighted by Crippen LogP contribution is -2.17. The van der Waals surface area contributed by atoms with E-state index in [-0.39, 0.29) is 17.0 Å². The van der Waals surface area contributed by atoms with Gasteiger partial charge in [0.2, 0.25) is 0 Å². The predicted octanol–water partition coefficient (Wildman–Crippen LogP) is 1.82. The van der Waals surface area contributed by atoms with Crippen molar-refractivity contribution in [1.29, 1.82) is 0 Å². The summed E-state index contributed by atoms with van der Waals surface area (Å²) in [6, 6.07) is 3.57. The van der Waals surface area contributed by atoms with Crippen LogP contribution in [0.1, 0.15) is 37.0 Å². The van der Waals surface area contributed by atoms with Gasteiger partial charge in [0.1, 0.15) is 5.69 Å². The Labute approximate surface area is 111 Å². The van der Waals surface area contributed by atoms with Gasteiger partial charge in [-0.3, -0.25) is 9.78 Å². The lowest BCUT2D eigenvalue weighted by atomic mass is 9.92. The lowest BCUT2D eigenvalue weighted by molar-refractivity contribution is 0.102. The second-order valence-electron chi connectivity index (χ2n) is 5.10. The van der Waals surface area contributed by atoms with Crippen LogP contribution in [0.15, 0.2) is 30.7 Å². The molecule has 0 aromatic carbocycles. The SMILES string of the molecule is CC(C)(C)c1ccc(NC(=O)c2cnccn2)nn1. The monoisotopic (exact) mass is 257 g/mol. The minimum Gasteiger partial charge on any atom is -0.304 e. The average molecular weight is 257 g/mol. The molecule has 1 N–H and O–H groups in total. The summed E-state index contributed by atoms with van der Waals surface area (Å²) in [5.74, 6) is 0.0366. The number of carbonyl (C=O) groups is 1. The molecular formula is C13H15N5O. The van der Waals surface area contributed by atoms with Crippen LogP contribution in [-0.2, 0) is 5.41 Å². The van der Waals surface area contributed by atoms with Crippen molar-refractivity contribution in [2.75, 3.05) is 5.32 Å². The summed E-state index contributed by atoms with van der Waals surface area (Å²) in [6.45, 7) is 6.15. The Bertz CT molecular complexity index is 560. The zero-order chi connectivity index (χ0) is 13.9. The molecule has 6 heteroatoms. The highest BCUT2D eigenvalue weighted by Crippen LogP contribution is 2.19. The summed E-state index contributed by atoms with van der Waals surface area (Å²) in [5.41, 5.74) is 1.04. The molecule has 1 amide bonds. The van der Waals surface area contributed by atoms with E-state index in [1.165, 1.54) is 18.6 Å². The molecule has 0 radical (unpaired) electrons. The third-order valence-corrected chi connectivity index (χ3v) is 2.47. The van der Waals surface area contributed by atoms with E-state index in [1.54, 1.807) is 6.07 Å². The quantitative estimate of drug-likeness (QED) is 0.887. The second kappa shape index (κ2) is 5.09. The number of nitrogens with one attached hydrogen (secondary N) is 1. The van der Waals surface area contributed by atoms with Gasteiger partial charge in [-0.15, -0.1) is 5.10 Å². The molecule has 2 aromatic heterocycles. The van der Waals surface area contributed by atoms with E-state index in [2.05, 4.69) is 46.3 Å². The number of hydrogen-bond donors (Lipinski definition) is 1. The van der Waals surface area contributed by atoms with Gasteiger partial charge in [-0.1, -0.05) is 20.8 Å². The Morgan fingerprint density at radius 1 is 1.16 bits per heavy atom. The van der Waals surface area contributed by atoms with Crippen LogP contribution in [0.4, 0.5) is 5.82 Å². The van der Waals surface area contributed by atoms with E-state index in [1.807, 2.05) is 6.07 Å². The Morgan fingerprint density at radius 3 is 2.47 bits per heavy atom. The molecule has 0 bridgehead atoms. The van der Waals surface area contributed by atoms with Gasteiger partial charge in [0.25, 0.3) is 5.91 Å². The molecule has 2 aromatic rings. The summed E-state index contributed by atoms with van der Waals surface area (Å²) < 4.78 is 0. The maximum absolute atomic E-state index is 11.8. The number of aromatic nitrogens is 4. The third-order valence-electron chi connectivity index (χ3n) is 2.47. The molecular weight excluding hydrogens is 242 g/mol. The van der Waals surface area contributed by atoms with E-state index >= 15 is 0 Å². The number of carbonyl (C=O) groups excluding carboxylic acids is 1. The van der Waals surface area contributed by atoms with Crippen molar-refractivity contribution in [3.63, 3.8) is 0 Å². The highest BCUT2D eigenvalue weighted by molar-refractivity contribution is 6.01. The first-order valence-corrected chi connectivity index (χ1v) is 5.88. The summed E-state index contributed by atoms with van der Waals surface area (Å²) >= 11 is 0. The second-order valence-corrected chi connectivity index (χ2v) is 5.10. The summed E-state index contributed by atoms with van der Waals surface area (Å²) in [5, 5.41) is 10.7. The first-order valence-electron chi connectivity index (χ1n) is 5.88. The fraction of sp³-hybridized carbons (Fsp3) is 0.308. The summed E-state index contributed by atoms with van der Waals surface area (Å²) in [6.07, 6.45) is 4.37. The number of anilines is 1. The van der Waals surface area contributed by atoms with E-state index in [0.29, 0.717) is 5.82 Å². The Morgan fingerprint density at radius 2 is 1.95 bits per heavy atom. The molecule has 0 saturated carbocycles. The molecule has 19 heavy (non-hydrogen) atoms. The standard InChI is InChI=1S/C13H15N5O/c1-13(2,3)10-4-5-11(18-17-10)16-12(19)9-8-14-6-7-15-9/h4-8H,1-3H3,(H,16,18,19). The van der Waals surface area contributed by atoms with Gasteiger partial charge in [0, 0.05) is 17.8 Å². The van der Waals surface area contributed by atoms with E-state index in [4.69, 9.17) is 0 Å². The first kappa shape index (κ1) is 13.1. The Kier molecular flexibility index (Phi) is 3.50. The fourth-order valence-electron chi connectivity index (χ4n) is 1.40. The molecule has 0 aliphatic heterocycles. The predicted molar refractivity (Wildman–Crippen MR) is 70.7 cm³/mol. The van der Waals surface area contributed by atoms with Crippen LogP contribution in [0, 0.1) is 0 Å². The van der Waals surface area contributed by atoms with Crippen LogP contribution >= 0.6 is 0 Å². The molecule has 0 saturated heterocycles. The first-order chi connectivity index (χ1) is 8.97. The van der Waals surface area contributed by atoms with Crippen LogP contribution in [0.5, 0.6) is 0 Å². The van der Waals surface area contributed by atoms with Gasteiger partial charge in [-0.05, 0) is 12.1 Å². The fourth-order valence-corrected chi connectivity index (χ4v) is 1.40. The smallest absolute Gasteiger partial charge is 0.277 e. The maximum atomic E-state index is 11.8. The molecule has 98 valence electrons. The Hall–Kier alpha value is -2.37. The Balaban J connectivity index is 2.10. The molecule has 0 aliphatic rings. The van der Waals surface area contributed by atoms with Crippen molar-refractivity contribution >= 4 is 11.7 Å². The van der Waals surface area contributed by atoms with Crippen molar-refractivity contribution < 1.29 is 4.79 Å². The van der Waals surface area contributed by atoms with Gasteiger partial charge >= 0.3 is 0 Å². The summed E-state index contributed by atoms with van der Waals surface area (Å²) in [7, 11) is 0. The van der Waals surface area contributed by atoms with Crippen molar-refractivity contribution in [3.05, 3.63) is 42.1 Å². The normalized spacial score (nSPS) is 11.1. The molecule has 0 aliphatic carbocycles. The van der Waals surface area contributed by atoms with Crippen LogP contribution in [0.3, 0.4) is 0 Å². The summed E-state index contributed by atoms with van der Waals surface area (Å²) in [4.78, 5) is 19.6. The average Bonchev–Trinajstić information content (AvgIpc) is 2.39. The minimum absolute atomic E-state index is 0.0690. The molecule has 0 atom stereocenters. The van der Waals surface area contributed by atoms with Crippen LogP contribution < -0.4 is 5.32 Å². The van der Waals surface area contributed by atoms with E-state index < -0.39 is 0 Å². The van der Waals surface area contributed by atoms with Crippen LogP contribution in [0.2, 0.25) is 0 Å².